The van der Waals surface area contributed by atoms with Crippen molar-refractivity contribution in [3.05, 3.63) is 35.4 Å². The minimum atomic E-state index is -0.643. The Hall–Kier alpha value is -1.88. The van der Waals surface area contributed by atoms with E-state index in [1.165, 1.54) is 0 Å². The molecule has 112 valence electrons. The molecule has 1 aliphatic carbocycles. The number of nitrogens with zero attached hydrogens (tertiary/aromatic N) is 1. The Balaban J connectivity index is 1.86. The van der Waals surface area contributed by atoms with Gasteiger partial charge in [-0.2, -0.15) is 0 Å². The van der Waals surface area contributed by atoms with E-state index in [2.05, 4.69) is 5.32 Å². The van der Waals surface area contributed by atoms with Crippen molar-refractivity contribution in [2.75, 3.05) is 13.7 Å². The quantitative estimate of drug-likeness (QED) is 0.908. The first-order valence-corrected chi connectivity index (χ1v) is 7.30. The maximum Gasteiger partial charge on any atom is 0.251 e. The van der Waals surface area contributed by atoms with Gasteiger partial charge >= 0.3 is 0 Å². The number of likely N-dealkylation sites (N-methyl/N-ethyl adjacent to an activating group) is 1. The van der Waals surface area contributed by atoms with Gasteiger partial charge in [-0.3, -0.25) is 9.59 Å². The van der Waals surface area contributed by atoms with E-state index in [4.69, 9.17) is 4.74 Å². The van der Waals surface area contributed by atoms with Crippen molar-refractivity contribution in [1.29, 1.82) is 0 Å². The highest BCUT2D eigenvalue weighted by Gasteiger charge is 2.41. The van der Waals surface area contributed by atoms with Crippen LogP contribution in [0, 0.1) is 6.92 Å². The number of benzene rings is 1. The van der Waals surface area contributed by atoms with Crippen LogP contribution in [0.5, 0.6) is 0 Å². The zero-order valence-corrected chi connectivity index (χ0v) is 12.3. The molecule has 5 nitrogen and oxygen atoms in total. The number of hydrogen-bond acceptors (Lipinski definition) is 3. The zero-order valence-electron chi connectivity index (χ0n) is 12.3. The fourth-order valence-corrected chi connectivity index (χ4v) is 2.60. The molecular formula is C16H20N2O3. The summed E-state index contributed by atoms with van der Waals surface area (Å²) in [5.74, 6) is -0.224. The second-order valence-electron chi connectivity index (χ2n) is 5.87. The number of aryl methyl sites for hydroxylation is 1. The van der Waals surface area contributed by atoms with E-state index in [0.717, 1.165) is 24.0 Å². The van der Waals surface area contributed by atoms with Gasteiger partial charge < -0.3 is 15.0 Å². The largest absolute Gasteiger partial charge is 0.356 e. The van der Waals surface area contributed by atoms with Crippen LogP contribution in [-0.4, -0.2) is 42.5 Å². The molecule has 2 fully saturated rings. The molecule has 0 spiro atoms. The molecule has 2 amide bonds. The van der Waals surface area contributed by atoms with Crippen LogP contribution >= 0.6 is 0 Å². The first-order chi connectivity index (χ1) is 10.1. The van der Waals surface area contributed by atoms with Gasteiger partial charge in [-0.1, -0.05) is 29.8 Å². The van der Waals surface area contributed by atoms with Crippen LogP contribution in [0.4, 0.5) is 0 Å². The zero-order chi connectivity index (χ0) is 15.0. The predicted octanol–water partition coefficient (Wildman–Crippen LogP) is 1.17. The molecule has 1 aromatic carbocycles. The Labute approximate surface area is 124 Å². The van der Waals surface area contributed by atoms with Crippen LogP contribution in [-0.2, 0) is 14.3 Å². The summed E-state index contributed by atoms with van der Waals surface area (Å²) in [4.78, 5) is 25.9. The molecule has 0 radical (unpaired) electrons. The van der Waals surface area contributed by atoms with E-state index in [0.29, 0.717) is 0 Å². The molecule has 0 bridgehead atoms. The highest BCUT2D eigenvalue weighted by atomic mass is 16.5. The molecule has 0 aromatic heterocycles. The first kappa shape index (κ1) is 14.1. The van der Waals surface area contributed by atoms with E-state index in [1.807, 2.05) is 31.2 Å². The van der Waals surface area contributed by atoms with Gasteiger partial charge in [0.05, 0.1) is 6.04 Å². The van der Waals surface area contributed by atoms with E-state index >= 15 is 0 Å². The van der Waals surface area contributed by atoms with Gasteiger partial charge in [0.2, 0.25) is 5.91 Å². The number of hydrogen-bond donors (Lipinski definition) is 1. The molecule has 1 saturated carbocycles. The van der Waals surface area contributed by atoms with Crippen LogP contribution in [0.1, 0.15) is 30.0 Å². The van der Waals surface area contributed by atoms with E-state index in [-0.39, 0.29) is 30.5 Å². The monoisotopic (exact) mass is 288 g/mol. The lowest BCUT2D eigenvalue weighted by molar-refractivity contribution is -0.162. The topological polar surface area (TPSA) is 58.6 Å². The first-order valence-electron chi connectivity index (χ1n) is 7.30. The molecule has 5 heteroatoms. The maximum absolute atomic E-state index is 12.4. The highest BCUT2D eigenvalue weighted by molar-refractivity contribution is 5.86. The molecule has 2 atom stereocenters. The van der Waals surface area contributed by atoms with E-state index in [1.54, 1.807) is 11.9 Å². The number of amides is 2. The van der Waals surface area contributed by atoms with Crippen molar-refractivity contribution in [2.45, 2.75) is 38.0 Å². The summed E-state index contributed by atoms with van der Waals surface area (Å²) in [7, 11) is 1.73. The average molecular weight is 288 g/mol. The van der Waals surface area contributed by atoms with Crippen molar-refractivity contribution < 1.29 is 14.3 Å². The third-order valence-corrected chi connectivity index (χ3v) is 4.08. The van der Waals surface area contributed by atoms with Gasteiger partial charge in [0, 0.05) is 13.1 Å². The van der Waals surface area contributed by atoms with Crippen molar-refractivity contribution >= 4 is 11.8 Å². The number of carbonyl (C=O) groups is 2. The van der Waals surface area contributed by atoms with Gasteiger partial charge in [0.25, 0.3) is 5.91 Å². The normalized spacial score (nSPS) is 25.8. The minimum absolute atomic E-state index is 0.0401. The second kappa shape index (κ2) is 5.48. The summed E-state index contributed by atoms with van der Waals surface area (Å²) in [6.45, 7) is 1.97. The third-order valence-electron chi connectivity index (χ3n) is 4.08. The molecule has 2 aliphatic rings. The summed E-state index contributed by atoms with van der Waals surface area (Å²) >= 11 is 0. The van der Waals surface area contributed by atoms with Crippen molar-refractivity contribution in [3.8, 4) is 0 Å². The fourth-order valence-electron chi connectivity index (χ4n) is 2.60. The lowest BCUT2D eigenvalue weighted by Gasteiger charge is -2.38. The number of morpholine rings is 1. The van der Waals surface area contributed by atoms with Gasteiger partial charge in [-0.15, -0.1) is 0 Å². The van der Waals surface area contributed by atoms with Crippen LogP contribution in [0.2, 0.25) is 0 Å². The molecule has 1 aliphatic heterocycles. The van der Waals surface area contributed by atoms with Crippen molar-refractivity contribution in [1.82, 2.24) is 10.2 Å². The summed E-state index contributed by atoms with van der Waals surface area (Å²) < 4.78 is 5.55. The molecule has 1 N–H and O–H groups in total. The Bertz CT molecular complexity index is 551. The summed E-state index contributed by atoms with van der Waals surface area (Å²) in [5.41, 5.74) is 2.07. The second-order valence-corrected chi connectivity index (χ2v) is 5.87. The Morgan fingerprint density at radius 1 is 1.29 bits per heavy atom. The number of carbonyl (C=O) groups excluding carboxylic acids is 2. The number of rotatable bonds is 3. The summed E-state index contributed by atoms with van der Waals surface area (Å²) in [5, 5.41) is 2.97. The van der Waals surface area contributed by atoms with Crippen LogP contribution in [0.25, 0.3) is 0 Å². The van der Waals surface area contributed by atoms with Gasteiger partial charge in [0.1, 0.15) is 6.61 Å². The Kier molecular flexibility index (Phi) is 3.68. The van der Waals surface area contributed by atoms with Gasteiger partial charge in [0.15, 0.2) is 6.10 Å². The highest BCUT2D eigenvalue weighted by Crippen LogP contribution is 2.30. The van der Waals surface area contributed by atoms with Crippen molar-refractivity contribution in [3.63, 3.8) is 0 Å². The lowest BCUT2D eigenvalue weighted by atomic mass is 9.96. The van der Waals surface area contributed by atoms with Crippen LogP contribution in [0.15, 0.2) is 24.3 Å². The Morgan fingerprint density at radius 2 is 1.95 bits per heavy atom. The molecule has 0 unspecified atom stereocenters. The smallest absolute Gasteiger partial charge is 0.251 e. The Morgan fingerprint density at radius 3 is 2.57 bits per heavy atom. The molecule has 21 heavy (non-hydrogen) atoms. The van der Waals surface area contributed by atoms with Crippen molar-refractivity contribution in [2.24, 2.45) is 0 Å². The molecule has 1 heterocycles. The molecule has 1 saturated heterocycles. The summed E-state index contributed by atoms with van der Waals surface area (Å²) in [6.07, 6.45) is 1.42. The standard InChI is InChI=1S/C16H20N2O3/c1-10-3-5-11(6-4-10)14-15(16(20)17-12-7-8-12)21-9-13(19)18(14)2/h3-6,12,14-15H,7-9H2,1-2H3,(H,17,20)/t14-,15-/m0/s1. The number of nitrogens with one attached hydrogen (secondary N) is 1. The maximum atomic E-state index is 12.4. The summed E-state index contributed by atoms with van der Waals surface area (Å²) in [6, 6.07) is 7.79. The van der Waals surface area contributed by atoms with E-state index in [9.17, 15) is 9.59 Å². The van der Waals surface area contributed by atoms with Gasteiger partial charge in [-0.25, -0.2) is 0 Å². The minimum Gasteiger partial charge on any atom is -0.356 e. The fraction of sp³-hybridized carbons (Fsp3) is 0.500. The average Bonchev–Trinajstić information content (AvgIpc) is 3.27. The molecular weight excluding hydrogens is 268 g/mol. The molecule has 3 rings (SSSR count). The van der Waals surface area contributed by atoms with Crippen LogP contribution in [0.3, 0.4) is 0 Å². The third kappa shape index (κ3) is 2.93. The lowest BCUT2D eigenvalue weighted by Crippen LogP contribution is -2.53. The predicted molar refractivity (Wildman–Crippen MR) is 77.6 cm³/mol. The molecule has 1 aromatic rings. The van der Waals surface area contributed by atoms with E-state index < -0.39 is 6.10 Å². The SMILES string of the molecule is Cc1ccc([C@H]2[C@@H](C(=O)NC3CC3)OCC(=O)N2C)cc1. The van der Waals surface area contributed by atoms with Crippen LogP contribution < -0.4 is 5.32 Å². The van der Waals surface area contributed by atoms with Gasteiger partial charge in [-0.05, 0) is 25.3 Å². The number of ether oxygens (including phenoxy) is 1.